The number of anilines is 2. The number of fused-ring (bicyclic) bond motifs is 1. The molecule has 1 aromatic carbocycles. The number of urea groups is 1. The van der Waals surface area contributed by atoms with Gasteiger partial charge in [-0.25, -0.2) is 9.78 Å². The van der Waals surface area contributed by atoms with Crippen molar-refractivity contribution in [2.45, 2.75) is 65.8 Å². The Balaban J connectivity index is 1.87. The molecule has 0 bridgehead atoms. The summed E-state index contributed by atoms with van der Waals surface area (Å²) in [5.74, 6) is 0.443. The average molecular weight is 498 g/mol. The molecule has 0 fully saturated rings. The first-order valence-corrected chi connectivity index (χ1v) is 13.0. The van der Waals surface area contributed by atoms with Crippen molar-refractivity contribution < 1.29 is 4.79 Å². The number of carbonyl (C=O) groups is 1. The summed E-state index contributed by atoms with van der Waals surface area (Å²) in [5.41, 5.74) is 4.89. The van der Waals surface area contributed by atoms with Crippen molar-refractivity contribution in [2.75, 3.05) is 10.6 Å². The number of carbonyl (C=O) groups excluding carboxylic acids is 1. The van der Waals surface area contributed by atoms with Crippen LogP contribution in [0.15, 0.2) is 65.8 Å². The largest absolute Gasteiger partial charge is 0.323 e. The molecule has 0 spiro atoms. The van der Waals surface area contributed by atoms with Crippen LogP contribution in [0.2, 0.25) is 0 Å². The van der Waals surface area contributed by atoms with Crippen molar-refractivity contribution in [1.29, 1.82) is 0 Å². The van der Waals surface area contributed by atoms with Gasteiger partial charge in [-0.2, -0.15) is 0 Å². The third-order valence-electron chi connectivity index (χ3n) is 6.57. The number of nitrogens with zero attached hydrogens (tertiary/aromatic N) is 3. The Bertz CT molecular complexity index is 1430. The molecule has 0 unspecified atom stereocenters. The first-order valence-electron chi connectivity index (χ1n) is 13.0. The van der Waals surface area contributed by atoms with Crippen molar-refractivity contribution in [3.05, 3.63) is 82.5 Å². The zero-order valence-electron chi connectivity index (χ0n) is 22.2. The molecule has 3 aromatic heterocycles. The van der Waals surface area contributed by atoms with Crippen molar-refractivity contribution in [2.24, 2.45) is 0 Å². The number of benzene rings is 1. The number of hydrogen-bond donors (Lipinski definition) is 2. The van der Waals surface area contributed by atoms with E-state index in [-0.39, 0.29) is 23.1 Å². The Labute approximate surface area is 218 Å². The molecule has 0 saturated carbocycles. The fourth-order valence-corrected chi connectivity index (χ4v) is 4.69. The van der Waals surface area contributed by atoms with Gasteiger partial charge in [-0.3, -0.25) is 14.3 Å². The zero-order valence-corrected chi connectivity index (χ0v) is 22.2. The Hall–Kier alpha value is -4.00. The van der Waals surface area contributed by atoms with Gasteiger partial charge in [0.2, 0.25) is 0 Å². The minimum atomic E-state index is -0.451. The van der Waals surface area contributed by atoms with Crippen LogP contribution >= 0.6 is 0 Å². The van der Waals surface area contributed by atoms with Crippen molar-refractivity contribution >= 4 is 28.4 Å². The van der Waals surface area contributed by atoms with Crippen LogP contribution < -0.4 is 16.2 Å². The van der Waals surface area contributed by atoms with Gasteiger partial charge >= 0.3 is 6.03 Å². The summed E-state index contributed by atoms with van der Waals surface area (Å²) >= 11 is 0. The predicted octanol–water partition coefficient (Wildman–Crippen LogP) is 7.15. The number of rotatable bonds is 8. The quantitative estimate of drug-likeness (QED) is 0.270. The second-order valence-electron chi connectivity index (χ2n) is 9.87. The van der Waals surface area contributed by atoms with Crippen LogP contribution in [0.4, 0.5) is 16.2 Å². The summed E-state index contributed by atoms with van der Waals surface area (Å²) in [5, 5.41) is 6.81. The minimum Gasteiger partial charge on any atom is -0.307 e. The molecular weight excluding hydrogens is 462 g/mol. The fourth-order valence-electron chi connectivity index (χ4n) is 4.69. The highest BCUT2D eigenvalue weighted by atomic mass is 16.2. The van der Waals surface area contributed by atoms with Gasteiger partial charge in [-0.1, -0.05) is 59.2 Å². The maximum absolute atomic E-state index is 13.9. The average Bonchev–Trinajstić information content (AvgIpc) is 2.89. The molecule has 2 N–H and O–H groups in total. The number of unbranched alkanes of at least 4 members (excludes halogenated alkanes) is 1. The molecule has 37 heavy (non-hydrogen) atoms. The van der Waals surface area contributed by atoms with Crippen LogP contribution in [0.5, 0.6) is 0 Å². The van der Waals surface area contributed by atoms with E-state index in [1.807, 2.05) is 42.5 Å². The van der Waals surface area contributed by atoms with E-state index >= 15 is 0 Å². The summed E-state index contributed by atoms with van der Waals surface area (Å²) < 4.78 is 1.67. The highest BCUT2D eigenvalue weighted by molar-refractivity contribution is 6.07. The molecule has 7 heteroatoms. The maximum atomic E-state index is 13.9. The summed E-state index contributed by atoms with van der Waals surface area (Å²) in [6.07, 6.45) is 6.80. The van der Waals surface area contributed by atoms with Gasteiger partial charge in [0.25, 0.3) is 5.56 Å². The molecule has 2 amide bonds. The predicted molar refractivity (Wildman–Crippen MR) is 151 cm³/mol. The third-order valence-corrected chi connectivity index (χ3v) is 6.57. The van der Waals surface area contributed by atoms with Gasteiger partial charge in [-0.15, -0.1) is 0 Å². The van der Waals surface area contributed by atoms with Gasteiger partial charge in [0.1, 0.15) is 11.3 Å². The molecule has 0 saturated heterocycles. The summed E-state index contributed by atoms with van der Waals surface area (Å²) in [7, 11) is 0. The van der Waals surface area contributed by atoms with Crippen LogP contribution in [-0.4, -0.2) is 20.6 Å². The molecule has 0 aliphatic rings. The van der Waals surface area contributed by atoms with E-state index in [0.717, 1.165) is 40.6 Å². The Kier molecular flexibility index (Phi) is 8.01. The van der Waals surface area contributed by atoms with E-state index in [4.69, 9.17) is 0 Å². The standard InChI is InChI=1S/C30H35N5O2/c1-6-7-18-35-28-24(12-9-15-32-28)25(21-13-16-31-17-14-21)27(29(35)36)34-30(37)33-26-22(19(2)3)10-8-11-23(26)20(4)5/h8-17,19-20H,6-7,18H2,1-5H3,(H2,33,34,37). The second kappa shape index (κ2) is 11.4. The lowest BCUT2D eigenvalue weighted by Crippen LogP contribution is -2.30. The van der Waals surface area contributed by atoms with Crippen LogP contribution in [0.1, 0.15) is 70.4 Å². The number of aromatic nitrogens is 3. The van der Waals surface area contributed by atoms with E-state index < -0.39 is 6.03 Å². The van der Waals surface area contributed by atoms with Crippen LogP contribution in [0.25, 0.3) is 22.2 Å². The van der Waals surface area contributed by atoms with E-state index in [2.05, 4.69) is 55.2 Å². The molecule has 0 radical (unpaired) electrons. The monoisotopic (exact) mass is 497 g/mol. The second-order valence-corrected chi connectivity index (χ2v) is 9.87. The highest BCUT2D eigenvalue weighted by Crippen LogP contribution is 2.34. The smallest absolute Gasteiger partial charge is 0.307 e. The molecule has 192 valence electrons. The number of aryl methyl sites for hydroxylation is 1. The maximum Gasteiger partial charge on any atom is 0.323 e. The fraction of sp³-hybridized carbons (Fsp3) is 0.333. The van der Waals surface area contributed by atoms with Crippen molar-refractivity contribution in [3.63, 3.8) is 0 Å². The number of para-hydroxylation sites is 1. The lowest BCUT2D eigenvalue weighted by molar-refractivity contribution is 0.262. The number of amides is 2. The number of nitrogens with one attached hydrogen (secondary N) is 2. The number of hydrogen-bond acceptors (Lipinski definition) is 4. The molecule has 0 atom stereocenters. The van der Waals surface area contributed by atoms with Gasteiger partial charge in [0.05, 0.1) is 0 Å². The minimum absolute atomic E-state index is 0.222. The van der Waals surface area contributed by atoms with Crippen LogP contribution in [0.3, 0.4) is 0 Å². The van der Waals surface area contributed by atoms with Gasteiger partial charge in [-0.05, 0) is 59.2 Å². The van der Waals surface area contributed by atoms with Crippen LogP contribution in [0, 0.1) is 0 Å². The van der Waals surface area contributed by atoms with E-state index in [1.165, 1.54) is 0 Å². The Morgan fingerprint density at radius 3 is 2.16 bits per heavy atom. The first-order chi connectivity index (χ1) is 17.8. The first kappa shape index (κ1) is 26.1. The van der Waals surface area contributed by atoms with E-state index in [1.54, 1.807) is 23.2 Å². The third kappa shape index (κ3) is 5.40. The molecule has 4 aromatic rings. The lowest BCUT2D eigenvalue weighted by atomic mass is 9.93. The zero-order chi connectivity index (χ0) is 26.5. The molecule has 0 aliphatic heterocycles. The normalized spacial score (nSPS) is 11.3. The van der Waals surface area contributed by atoms with Gasteiger partial charge < -0.3 is 10.6 Å². The van der Waals surface area contributed by atoms with E-state index in [0.29, 0.717) is 17.8 Å². The highest BCUT2D eigenvalue weighted by Gasteiger charge is 2.22. The lowest BCUT2D eigenvalue weighted by Gasteiger charge is -2.21. The van der Waals surface area contributed by atoms with Gasteiger partial charge in [0.15, 0.2) is 0 Å². The molecular formula is C30H35N5O2. The molecule has 4 rings (SSSR count). The number of pyridine rings is 3. The topological polar surface area (TPSA) is 88.9 Å². The Morgan fingerprint density at radius 1 is 0.892 bits per heavy atom. The van der Waals surface area contributed by atoms with E-state index in [9.17, 15) is 9.59 Å². The summed E-state index contributed by atoms with van der Waals surface area (Å²) in [4.78, 5) is 36.1. The molecule has 3 heterocycles. The van der Waals surface area contributed by atoms with Crippen molar-refractivity contribution in [3.8, 4) is 11.1 Å². The van der Waals surface area contributed by atoms with Crippen LogP contribution in [-0.2, 0) is 6.54 Å². The summed E-state index contributed by atoms with van der Waals surface area (Å²) in [6, 6.07) is 13.1. The summed E-state index contributed by atoms with van der Waals surface area (Å²) in [6.45, 7) is 11.0. The van der Waals surface area contributed by atoms with Gasteiger partial charge in [0, 0.05) is 41.8 Å². The molecule has 0 aliphatic carbocycles. The molecule has 7 nitrogen and oxygen atoms in total. The van der Waals surface area contributed by atoms with Crippen molar-refractivity contribution in [1.82, 2.24) is 14.5 Å². The Morgan fingerprint density at radius 2 is 1.54 bits per heavy atom. The SMILES string of the molecule is CCCCn1c(=O)c(NC(=O)Nc2c(C(C)C)cccc2C(C)C)c(-c2ccncc2)c2cccnc21.